The Hall–Kier alpha value is -2.01. The van der Waals surface area contributed by atoms with Gasteiger partial charge in [-0.3, -0.25) is 4.72 Å². The number of hydrogen-bond donors (Lipinski definition) is 2. The SMILES string of the molecule is CC(C)(C)Nc1ccc(NS(=O)(=O)CCc2ccccc2)cc1. The van der Waals surface area contributed by atoms with Crippen LogP contribution in [0.25, 0.3) is 0 Å². The fourth-order valence-electron chi connectivity index (χ4n) is 2.18. The van der Waals surface area contributed by atoms with Crippen LogP contribution in [0.1, 0.15) is 26.3 Å². The Labute approximate surface area is 139 Å². The van der Waals surface area contributed by atoms with Crippen LogP contribution in [0.4, 0.5) is 11.4 Å². The zero-order valence-electron chi connectivity index (χ0n) is 13.8. The summed E-state index contributed by atoms with van der Waals surface area (Å²) < 4.78 is 26.9. The van der Waals surface area contributed by atoms with Crippen molar-refractivity contribution in [2.45, 2.75) is 32.7 Å². The van der Waals surface area contributed by atoms with Crippen LogP contribution in [-0.4, -0.2) is 19.7 Å². The summed E-state index contributed by atoms with van der Waals surface area (Å²) in [6.45, 7) is 6.23. The molecule has 2 aromatic carbocycles. The number of benzene rings is 2. The van der Waals surface area contributed by atoms with Crippen molar-refractivity contribution in [2.24, 2.45) is 0 Å². The molecule has 0 aliphatic rings. The molecule has 124 valence electrons. The van der Waals surface area contributed by atoms with Crippen LogP contribution in [0, 0.1) is 0 Å². The monoisotopic (exact) mass is 332 g/mol. The fourth-order valence-corrected chi connectivity index (χ4v) is 3.28. The van der Waals surface area contributed by atoms with Gasteiger partial charge in [-0.25, -0.2) is 8.42 Å². The van der Waals surface area contributed by atoms with Crippen molar-refractivity contribution in [1.82, 2.24) is 0 Å². The summed E-state index contributed by atoms with van der Waals surface area (Å²) in [5.74, 6) is 0.0685. The second-order valence-corrected chi connectivity index (χ2v) is 8.45. The van der Waals surface area contributed by atoms with E-state index in [0.29, 0.717) is 12.1 Å². The molecule has 0 aliphatic heterocycles. The molecule has 4 nitrogen and oxygen atoms in total. The van der Waals surface area contributed by atoms with Gasteiger partial charge in [0.2, 0.25) is 10.0 Å². The zero-order valence-corrected chi connectivity index (χ0v) is 14.7. The summed E-state index contributed by atoms with van der Waals surface area (Å²) in [4.78, 5) is 0. The van der Waals surface area contributed by atoms with E-state index in [9.17, 15) is 8.42 Å². The van der Waals surface area contributed by atoms with Crippen molar-refractivity contribution in [3.05, 3.63) is 60.2 Å². The minimum atomic E-state index is -3.35. The van der Waals surface area contributed by atoms with Gasteiger partial charge in [0.1, 0.15) is 0 Å². The molecule has 0 heterocycles. The standard InChI is InChI=1S/C18H24N2O2S/c1-18(2,3)19-16-9-11-17(12-10-16)20-23(21,22)14-13-15-7-5-4-6-8-15/h4-12,19-20H,13-14H2,1-3H3. The Bertz CT molecular complexity index is 718. The topological polar surface area (TPSA) is 58.2 Å². The summed E-state index contributed by atoms with van der Waals surface area (Å²) in [7, 11) is -3.35. The number of aryl methyl sites for hydroxylation is 1. The second kappa shape index (κ2) is 7.04. The zero-order chi connectivity index (χ0) is 16.9. The summed E-state index contributed by atoms with van der Waals surface area (Å²) in [5.41, 5.74) is 2.53. The normalized spacial score (nSPS) is 12.0. The molecule has 0 radical (unpaired) electrons. The Balaban J connectivity index is 1.95. The van der Waals surface area contributed by atoms with Gasteiger partial charge in [-0.05, 0) is 57.0 Å². The average Bonchev–Trinajstić information content (AvgIpc) is 2.47. The van der Waals surface area contributed by atoms with Crippen LogP contribution in [0.5, 0.6) is 0 Å². The summed E-state index contributed by atoms with van der Waals surface area (Å²) in [5, 5.41) is 3.34. The molecule has 0 aromatic heterocycles. The van der Waals surface area contributed by atoms with Crippen molar-refractivity contribution >= 4 is 21.4 Å². The van der Waals surface area contributed by atoms with Crippen molar-refractivity contribution in [2.75, 3.05) is 15.8 Å². The second-order valence-electron chi connectivity index (χ2n) is 6.61. The average molecular weight is 332 g/mol. The lowest BCUT2D eigenvalue weighted by Gasteiger charge is -2.22. The molecule has 0 fully saturated rings. The molecule has 0 saturated carbocycles. The Morgan fingerprint density at radius 2 is 1.43 bits per heavy atom. The van der Waals surface area contributed by atoms with Crippen LogP contribution < -0.4 is 10.0 Å². The van der Waals surface area contributed by atoms with Crippen molar-refractivity contribution in [3.63, 3.8) is 0 Å². The van der Waals surface area contributed by atoms with E-state index >= 15 is 0 Å². The molecule has 0 atom stereocenters. The van der Waals surface area contributed by atoms with Gasteiger partial charge in [0.05, 0.1) is 5.75 Å². The third-order valence-corrected chi connectivity index (χ3v) is 4.47. The van der Waals surface area contributed by atoms with E-state index in [1.165, 1.54) is 0 Å². The molecule has 5 heteroatoms. The molecule has 0 aliphatic carbocycles. The largest absolute Gasteiger partial charge is 0.380 e. The van der Waals surface area contributed by atoms with Crippen LogP contribution in [0.15, 0.2) is 54.6 Å². The van der Waals surface area contributed by atoms with Crippen molar-refractivity contribution in [3.8, 4) is 0 Å². The highest BCUT2D eigenvalue weighted by Gasteiger charge is 2.12. The number of hydrogen-bond acceptors (Lipinski definition) is 3. The summed E-state index contributed by atoms with van der Waals surface area (Å²) in [6.07, 6.45) is 0.500. The predicted molar refractivity (Wildman–Crippen MR) is 97.4 cm³/mol. The maximum atomic E-state index is 12.2. The Morgan fingerprint density at radius 3 is 2.00 bits per heavy atom. The maximum absolute atomic E-state index is 12.2. The first-order chi connectivity index (χ1) is 10.7. The van der Waals surface area contributed by atoms with Gasteiger partial charge in [-0.2, -0.15) is 0 Å². The fraction of sp³-hybridized carbons (Fsp3) is 0.333. The third-order valence-electron chi connectivity index (χ3n) is 3.18. The molecule has 0 spiro atoms. The molecule has 2 aromatic rings. The molecule has 0 bridgehead atoms. The lowest BCUT2D eigenvalue weighted by atomic mass is 10.1. The first-order valence-corrected chi connectivity index (χ1v) is 9.31. The van der Waals surface area contributed by atoms with Crippen molar-refractivity contribution in [1.29, 1.82) is 0 Å². The third kappa shape index (κ3) is 6.32. The first kappa shape index (κ1) is 17.3. The van der Waals surface area contributed by atoms with Gasteiger partial charge >= 0.3 is 0 Å². The van der Waals surface area contributed by atoms with E-state index in [2.05, 4.69) is 30.8 Å². The Kier molecular flexibility index (Phi) is 5.31. The molecular formula is C18H24N2O2S. The van der Waals surface area contributed by atoms with E-state index in [1.54, 1.807) is 12.1 Å². The maximum Gasteiger partial charge on any atom is 0.233 e. The number of nitrogens with one attached hydrogen (secondary N) is 2. The molecule has 0 amide bonds. The van der Waals surface area contributed by atoms with E-state index in [1.807, 2.05) is 42.5 Å². The number of sulfonamides is 1. The minimum Gasteiger partial charge on any atom is -0.380 e. The molecule has 2 N–H and O–H groups in total. The Morgan fingerprint density at radius 1 is 0.870 bits per heavy atom. The summed E-state index contributed by atoms with van der Waals surface area (Å²) in [6, 6.07) is 16.9. The van der Waals surface area contributed by atoms with E-state index in [0.717, 1.165) is 11.3 Å². The van der Waals surface area contributed by atoms with Crippen molar-refractivity contribution < 1.29 is 8.42 Å². The molecule has 0 unspecified atom stereocenters. The minimum absolute atomic E-state index is 0.0310. The quantitative estimate of drug-likeness (QED) is 0.844. The lowest BCUT2D eigenvalue weighted by molar-refractivity contribution is 0.600. The highest BCUT2D eigenvalue weighted by molar-refractivity contribution is 7.92. The molecule has 0 saturated heterocycles. The molecular weight excluding hydrogens is 308 g/mol. The van der Waals surface area contributed by atoms with E-state index in [-0.39, 0.29) is 11.3 Å². The number of rotatable bonds is 6. The highest BCUT2D eigenvalue weighted by Crippen LogP contribution is 2.18. The van der Waals surface area contributed by atoms with Gasteiger partial charge in [0, 0.05) is 16.9 Å². The van der Waals surface area contributed by atoms with Crippen LogP contribution in [-0.2, 0) is 16.4 Å². The highest BCUT2D eigenvalue weighted by atomic mass is 32.2. The van der Waals surface area contributed by atoms with Gasteiger partial charge in [-0.1, -0.05) is 30.3 Å². The lowest BCUT2D eigenvalue weighted by Crippen LogP contribution is -2.26. The van der Waals surface area contributed by atoms with Gasteiger partial charge in [0.25, 0.3) is 0 Å². The predicted octanol–water partition coefficient (Wildman–Crippen LogP) is 3.88. The van der Waals surface area contributed by atoms with E-state index < -0.39 is 10.0 Å². The molecule has 2 rings (SSSR count). The van der Waals surface area contributed by atoms with Gasteiger partial charge < -0.3 is 5.32 Å². The first-order valence-electron chi connectivity index (χ1n) is 7.66. The molecule has 23 heavy (non-hydrogen) atoms. The van der Waals surface area contributed by atoms with Crippen LogP contribution in [0.2, 0.25) is 0 Å². The van der Waals surface area contributed by atoms with Gasteiger partial charge in [-0.15, -0.1) is 0 Å². The smallest absolute Gasteiger partial charge is 0.233 e. The van der Waals surface area contributed by atoms with Gasteiger partial charge in [0.15, 0.2) is 0 Å². The number of anilines is 2. The van der Waals surface area contributed by atoms with Crippen LogP contribution in [0.3, 0.4) is 0 Å². The summed E-state index contributed by atoms with van der Waals surface area (Å²) >= 11 is 0. The van der Waals surface area contributed by atoms with E-state index in [4.69, 9.17) is 0 Å². The van der Waals surface area contributed by atoms with Crippen LogP contribution >= 0.6 is 0 Å².